The van der Waals surface area contributed by atoms with E-state index in [2.05, 4.69) is 33.0 Å². The lowest BCUT2D eigenvalue weighted by atomic mass is 9.96. The van der Waals surface area contributed by atoms with E-state index in [1.807, 2.05) is 38.5 Å². The number of aromatic nitrogens is 3. The molecule has 33 heavy (non-hydrogen) atoms. The van der Waals surface area contributed by atoms with Crippen LogP contribution in [-0.4, -0.2) is 46.5 Å². The maximum atomic E-state index is 5.76. The van der Waals surface area contributed by atoms with Crippen molar-refractivity contribution in [1.29, 1.82) is 0 Å². The number of rotatable bonds is 10. The number of hydrogen-bond acceptors (Lipinski definition) is 5. The van der Waals surface area contributed by atoms with Crippen molar-refractivity contribution >= 4 is 29.9 Å². The molecule has 0 saturated heterocycles. The van der Waals surface area contributed by atoms with Gasteiger partial charge in [0.25, 0.3) is 0 Å². The molecule has 0 bridgehead atoms. The van der Waals surface area contributed by atoms with Gasteiger partial charge in [0.15, 0.2) is 23.3 Å². The lowest BCUT2D eigenvalue weighted by Crippen LogP contribution is -2.44. The third-order valence-corrected chi connectivity index (χ3v) is 5.82. The summed E-state index contributed by atoms with van der Waals surface area (Å²) in [6, 6.07) is 6.65. The number of guanidine groups is 1. The fourth-order valence-corrected chi connectivity index (χ4v) is 3.91. The maximum absolute atomic E-state index is 5.76. The zero-order chi connectivity index (χ0) is 22.8. The van der Waals surface area contributed by atoms with Crippen molar-refractivity contribution in [1.82, 2.24) is 25.4 Å². The molecule has 0 spiro atoms. The first kappa shape index (κ1) is 27.2. The summed E-state index contributed by atoms with van der Waals surface area (Å²) >= 11 is 0. The number of aliphatic imine (C=N–C) groups is 1. The Bertz CT molecular complexity index is 880. The van der Waals surface area contributed by atoms with Crippen LogP contribution >= 0.6 is 24.0 Å². The van der Waals surface area contributed by atoms with Crippen LogP contribution in [0, 0.1) is 6.92 Å². The maximum Gasteiger partial charge on any atom is 0.191 e. The summed E-state index contributed by atoms with van der Waals surface area (Å²) in [5, 5.41) is 15.5. The van der Waals surface area contributed by atoms with Gasteiger partial charge in [0.05, 0.1) is 13.2 Å². The Morgan fingerprint density at radius 2 is 1.82 bits per heavy atom. The molecule has 8 nitrogen and oxygen atoms in total. The minimum absolute atomic E-state index is 0. The standard InChI is InChI=1S/C24H38N6O2.HI/c1-5-31-21-13-12-19(16-22(21)32-6-2)14-15-25-24(27-20-10-8-7-9-11-20)26-17-23-29-28-18(3)30(23)4;/h12-13,16,20H,5-11,14-15,17H2,1-4H3,(H2,25,26,27);1H. The van der Waals surface area contributed by atoms with E-state index in [0.717, 1.165) is 42.1 Å². The van der Waals surface area contributed by atoms with Crippen molar-refractivity contribution < 1.29 is 9.47 Å². The molecule has 1 aromatic heterocycles. The highest BCUT2D eigenvalue weighted by molar-refractivity contribution is 14.0. The molecule has 184 valence electrons. The fraction of sp³-hybridized carbons (Fsp3) is 0.625. The molecule has 1 aromatic carbocycles. The van der Waals surface area contributed by atoms with Crippen molar-refractivity contribution in [3.63, 3.8) is 0 Å². The molecule has 9 heteroatoms. The van der Waals surface area contributed by atoms with Gasteiger partial charge in [-0.1, -0.05) is 25.3 Å². The molecule has 0 unspecified atom stereocenters. The molecule has 3 rings (SSSR count). The molecular weight excluding hydrogens is 531 g/mol. The van der Waals surface area contributed by atoms with Crippen LogP contribution in [0.25, 0.3) is 0 Å². The van der Waals surface area contributed by atoms with Gasteiger partial charge < -0.3 is 24.7 Å². The Morgan fingerprint density at radius 3 is 2.48 bits per heavy atom. The second-order valence-corrected chi connectivity index (χ2v) is 8.19. The van der Waals surface area contributed by atoms with E-state index in [9.17, 15) is 0 Å². The first-order valence-corrected chi connectivity index (χ1v) is 11.9. The number of halogens is 1. The predicted molar refractivity (Wildman–Crippen MR) is 143 cm³/mol. The molecule has 2 aromatic rings. The summed E-state index contributed by atoms with van der Waals surface area (Å²) in [4.78, 5) is 4.81. The second kappa shape index (κ2) is 14.3. The Labute approximate surface area is 215 Å². The van der Waals surface area contributed by atoms with Crippen LogP contribution in [0.2, 0.25) is 0 Å². The molecule has 1 fully saturated rings. The van der Waals surface area contributed by atoms with Gasteiger partial charge in [-0.15, -0.1) is 34.2 Å². The van der Waals surface area contributed by atoms with Crippen LogP contribution in [0.5, 0.6) is 11.5 Å². The number of benzene rings is 1. The SMILES string of the molecule is CCOc1ccc(CCNC(=NCc2nnc(C)n2C)NC2CCCCC2)cc1OCC.I. The van der Waals surface area contributed by atoms with Gasteiger partial charge in [0.2, 0.25) is 0 Å². The lowest BCUT2D eigenvalue weighted by molar-refractivity contribution is 0.287. The van der Waals surface area contributed by atoms with Crippen molar-refractivity contribution in [3.05, 3.63) is 35.4 Å². The molecule has 1 aliphatic carbocycles. The summed E-state index contributed by atoms with van der Waals surface area (Å²) in [7, 11) is 1.98. The molecule has 0 radical (unpaired) electrons. The van der Waals surface area contributed by atoms with Gasteiger partial charge in [-0.3, -0.25) is 0 Å². The minimum Gasteiger partial charge on any atom is -0.490 e. The Hall–Kier alpha value is -2.04. The van der Waals surface area contributed by atoms with Crippen LogP contribution in [0.1, 0.15) is 63.2 Å². The number of nitrogens with zero attached hydrogens (tertiary/aromatic N) is 4. The molecule has 0 aliphatic heterocycles. The van der Waals surface area contributed by atoms with E-state index in [4.69, 9.17) is 14.5 Å². The van der Waals surface area contributed by atoms with E-state index >= 15 is 0 Å². The average molecular weight is 571 g/mol. The van der Waals surface area contributed by atoms with Crippen LogP contribution < -0.4 is 20.1 Å². The summed E-state index contributed by atoms with van der Waals surface area (Å²) < 4.78 is 13.4. The van der Waals surface area contributed by atoms with Gasteiger partial charge >= 0.3 is 0 Å². The van der Waals surface area contributed by atoms with Gasteiger partial charge in [-0.05, 0) is 57.7 Å². The second-order valence-electron chi connectivity index (χ2n) is 8.19. The minimum atomic E-state index is 0. The quantitative estimate of drug-likeness (QED) is 0.254. The van der Waals surface area contributed by atoms with Crippen molar-refractivity contribution in [3.8, 4) is 11.5 Å². The monoisotopic (exact) mass is 570 g/mol. The van der Waals surface area contributed by atoms with Crippen LogP contribution in [0.15, 0.2) is 23.2 Å². The first-order chi connectivity index (χ1) is 15.6. The van der Waals surface area contributed by atoms with Crippen molar-refractivity contribution in [2.45, 2.75) is 71.9 Å². The Morgan fingerprint density at radius 1 is 1.09 bits per heavy atom. The van der Waals surface area contributed by atoms with Crippen molar-refractivity contribution in [2.75, 3.05) is 19.8 Å². The lowest BCUT2D eigenvalue weighted by Gasteiger charge is -2.25. The van der Waals surface area contributed by atoms with E-state index in [1.54, 1.807) is 0 Å². The predicted octanol–water partition coefficient (Wildman–Crippen LogP) is 4.15. The number of hydrogen-bond donors (Lipinski definition) is 2. The zero-order valence-electron chi connectivity index (χ0n) is 20.4. The zero-order valence-corrected chi connectivity index (χ0v) is 22.7. The van der Waals surface area contributed by atoms with E-state index in [-0.39, 0.29) is 24.0 Å². The first-order valence-electron chi connectivity index (χ1n) is 11.9. The molecule has 1 heterocycles. The van der Waals surface area contributed by atoms with Crippen LogP contribution in [0.4, 0.5) is 0 Å². The van der Waals surface area contributed by atoms with E-state index in [1.165, 1.54) is 37.7 Å². The summed E-state index contributed by atoms with van der Waals surface area (Å²) in [5.41, 5.74) is 1.20. The summed E-state index contributed by atoms with van der Waals surface area (Å²) in [6.07, 6.45) is 7.14. The highest BCUT2D eigenvalue weighted by Gasteiger charge is 2.15. The molecule has 0 atom stereocenters. The summed E-state index contributed by atoms with van der Waals surface area (Å²) in [5.74, 6) is 4.20. The fourth-order valence-electron chi connectivity index (χ4n) is 3.91. The van der Waals surface area contributed by atoms with Gasteiger partial charge in [-0.2, -0.15) is 0 Å². The smallest absolute Gasteiger partial charge is 0.191 e. The molecule has 1 saturated carbocycles. The molecule has 1 aliphatic rings. The topological polar surface area (TPSA) is 85.6 Å². The molecular formula is C24H39IN6O2. The van der Waals surface area contributed by atoms with Gasteiger partial charge in [0.1, 0.15) is 12.4 Å². The van der Waals surface area contributed by atoms with E-state index in [0.29, 0.717) is 25.8 Å². The third-order valence-electron chi connectivity index (χ3n) is 5.82. The molecule has 0 amide bonds. The average Bonchev–Trinajstić information content (AvgIpc) is 3.12. The Balaban J connectivity index is 0.00000385. The van der Waals surface area contributed by atoms with Crippen molar-refractivity contribution in [2.24, 2.45) is 12.0 Å². The van der Waals surface area contributed by atoms with Gasteiger partial charge in [-0.25, -0.2) is 4.99 Å². The van der Waals surface area contributed by atoms with Crippen LogP contribution in [0.3, 0.4) is 0 Å². The highest BCUT2D eigenvalue weighted by Crippen LogP contribution is 2.28. The number of nitrogens with one attached hydrogen (secondary N) is 2. The summed E-state index contributed by atoms with van der Waals surface area (Å²) in [6.45, 7) is 8.43. The van der Waals surface area contributed by atoms with E-state index < -0.39 is 0 Å². The Kier molecular flexibility index (Phi) is 11.8. The highest BCUT2D eigenvalue weighted by atomic mass is 127. The number of aryl methyl sites for hydroxylation is 1. The normalized spacial score (nSPS) is 14.5. The number of ether oxygens (including phenoxy) is 2. The largest absolute Gasteiger partial charge is 0.490 e. The molecule has 2 N–H and O–H groups in total. The van der Waals surface area contributed by atoms with Crippen LogP contribution in [-0.2, 0) is 20.0 Å². The third kappa shape index (κ3) is 8.35. The van der Waals surface area contributed by atoms with Gasteiger partial charge in [0, 0.05) is 19.6 Å².